The number of carbonyl (C=O) groups is 1. The molecule has 1 amide bonds. The highest BCUT2D eigenvalue weighted by atomic mass is 16.3. The summed E-state index contributed by atoms with van der Waals surface area (Å²) in [6, 6.07) is 19.8. The van der Waals surface area contributed by atoms with Crippen molar-refractivity contribution in [3.05, 3.63) is 84.4 Å². The lowest BCUT2D eigenvalue weighted by Crippen LogP contribution is -2.39. The van der Waals surface area contributed by atoms with E-state index in [-0.39, 0.29) is 5.91 Å². The number of aliphatic hydroxyl groups is 1. The molecule has 0 saturated heterocycles. The fourth-order valence-corrected chi connectivity index (χ4v) is 2.74. The first kappa shape index (κ1) is 18.0. The summed E-state index contributed by atoms with van der Waals surface area (Å²) < 4.78 is 0. The largest absolute Gasteiger partial charge is 0.393 e. The number of amides is 1. The van der Waals surface area contributed by atoms with Crippen LogP contribution in [-0.4, -0.2) is 22.0 Å². The van der Waals surface area contributed by atoms with E-state index in [2.05, 4.69) is 6.58 Å². The second-order valence-electron chi connectivity index (χ2n) is 6.04. The molecule has 0 spiro atoms. The standard InChI is InChI=1S/C21H25NO2/c1-3-10-20(17(2)23)21(24)22(15-18-11-6-4-7-12-18)16-19-13-8-5-9-14-19/h3-9,11-14,17,20,23H,1,10,15-16H2,2H3/t17-,20+/m1/s1. The Hall–Kier alpha value is -2.39. The summed E-state index contributed by atoms with van der Waals surface area (Å²) in [4.78, 5) is 14.8. The predicted molar refractivity (Wildman–Crippen MR) is 97.1 cm³/mol. The highest BCUT2D eigenvalue weighted by Gasteiger charge is 2.27. The first-order chi connectivity index (χ1) is 11.6. The molecule has 0 unspecified atom stereocenters. The summed E-state index contributed by atoms with van der Waals surface area (Å²) in [5.41, 5.74) is 2.15. The molecule has 0 heterocycles. The Morgan fingerprint density at radius 2 is 1.50 bits per heavy atom. The van der Waals surface area contributed by atoms with Crippen molar-refractivity contribution in [3.63, 3.8) is 0 Å². The Morgan fingerprint density at radius 1 is 1.04 bits per heavy atom. The van der Waals surface area contributed by atoms with Gasteiger partial charge >= 0.3 is 0 Å². The number of nitrogens with zero attached hydrogens (tertiary/aromatic N) is 1. The Morgan fingerprint density at radius 3 is 1.88 bits per heavy atom. The smallest absolute Gasteiger partial charge is 0.229 e. The van der Waals surface area contributed by atoms with Crippen molar-refractivity contribution in [2.75, 3.05) is 0 Å². The summed E-state index contributed by atoms with van der Waals surface area (Å²) in [5, 5.41) is 10.00. The van der Waals surface area contributed by atoms with Gasteiger partial charge in [-0.2, -0.15) is 0 Å². The monoisotopic (exact) mass is 323 g/mol. The second-order valence-corrected chi connectivity index (χ2v) is 6.04. The molecule has 0 aliphatic rings. The van der Waals surface area contributed by atoms with Crippen molar-refractivity contribution >= 4 is 5.91 Å². The average Bonchev–Trinajstić information content (AvgIpc) is 2.60. The minimum absolute atomic E-state index is 0.0439. The molecule has 2 aromatic rings. The molecule has 2 aromatic carbocycles. The van der Waals surface area contributed by atoms with Crippen LogP contribution in [-0.2, 0) is 17.9 Å². The van der Waals surface area contributed by atoms with Gasteiger partial charge in [-0.05, 0) is 24.5 Å². The minimum Gasteiger partial charge on any atom is -0.393 e. The number of carbonyl (C=O) groups excluding carboxylic acids is 1. The summed E-state index contributed by atoms with van der Waals surface area (Å²) in [5.74, 6) is -0.507. The van der Waals surface area contributed by atoms with Crippen LogP contribution in [0.2, 0.25) is 0 Å². The Kier molecular flexibility index (Phi) is 6.76. The van der Waals surface area contributed by atoms with Crippen LogP contribution in [0.1, 0.15) is 24.5 Å². The topological polar surface area (TPSA) is 40.5 Å². The lowest BCUT2D eigenvalue weighted by Gasteiger charge is -2.28. The highest BCUT2D eigenvalue weighted by Crippen LogP contribution is 2.18. The van der Waals surface area contributed by atoms with E-state index in [4.69, 9.17) is 0 Å². The molecular formula is C21H25NO2. The zero-order valence-electron chi connectivity index (χ0n) is 14.1. The third-order valence-corrected chi connectivity index (χ3v) is 4.06. The lowest BCUT2D eigenvalue weighted by atomic mass is 9.97. The van der Waals surface area contributed by atoms with Gasteiger partial charge in [0.2, 0.25) is 5.91 Å². The van der Waals surface area contributed by atoms with Gasteiger partial charge in [0.1, 0.15) is 0 Å². The number of aliphatic hydroxyl groups excluding tert-OH is 1. The van der Waals surface area contributed by atoms with Crippen LogP contribution in [0.3, 0.4) is 0 Å². The summed E-state index contributed by atoms with van der Waals surface area (Å²) >= 11 is 0. The van der Waals surface area contributed by atoms with Gasteiger partial charge in [0.15, 0.2) is 0 Å². The fourth-order valence-electron chi connectivity index (χ4n) is 2.74. The molecule has 0 fully saturated rings. The zero-order chi connectivity index (χ0) is 17.4. The minimum atomic E-state index is -0.704. The van der Waals surface area contributed by atoms with E-state index in [1.165, 1.54) is 0 Å². The maximum atomic E-state index is 13.0. The van der Waals surface area contributed by atoms with E-state index >= 15 is 0 Å². The fraction of sp³-hybridized carbons (Fsp3) is 0.286. The number of benzene rings is 2. The van der Waals surface area contributed by atoms with Gasteiger partial charge in [0, 0.05) is 13.1 Å². The molecule has 0 aliphatic heterocycles. The van der Waals surface area contributed by atoms with Crippen LogP contribution in [0.4, 0.5) is 0 Å². The molecular weight excluding hydrogens is 298 g/mol. The van der Waals surface area contributed by atoms with Crippen molar-refractivity contribution in [2.45, 2.75) is 32.5 Å². The second kappa shape index (κ2) is 9.04. The SMILES string of the molecule is C=CC[C@H](C(=O)N(Cc1ccccc1)Cc1ccccc1)[C@@H](C)O. The van der Waals surface area contributed by atoms with Crippen LogP contribution >= 0.6 is 0 Å². The van der Waals surface area contributed by atoms with Crippen LogP contribution in [0.25, 0.3) is 0 Å². The summed E-state index contributed by atoms with van der Waals surface area (Å²) in [7, 11) is 0. The average molecular weight is 323 g/mol. The van der Waals surface area contributed by atoms with Gasteiger partial charge in [0.05, 0.1) is 12.0 Å². The molecule has 2 rings (SSSR count). The van der Waals surface area contributed by atoms with Gasteiger partial charge < -0.3 is 10.0 Å². The van der Waals surface area contributed by atoms with E-state index in [1.807, 2.05) is 65.6 Å². The summed E-state index contributed by atoms with van der Waals surface area (Å²) in [6.45, 7) is 6.42. The van der Waals surface area contributed by atoms with Crippen molar-refractivity contribution in [2.24, 2.45) is 5.92 Å². The van der Waals surface area contributed by atoms with E-state index < -0.39 is 12.0 Å². The molecule has 0 aliphatic carbocycles. The molecule has 0 aromatic heterocycles. The van der Waals surface area contributed by atoms with Crippen molar-refractivity contribution in [3.8, 4) is 0 Å². The van der Waals surface area contributed by atoms with Crippen LogP contribution in [0, 0.1) is 5.92 Å². The first-order valence-electron chi connectivity index (χ1n) is 8.27. The molecule has 3 nitrogen and oxygen atoms in total. The number of hydrogen-bond donors (Lipinski definition) is 1. The maximum absolute atomic E-state index is 13.0. The number of hydrogen-bond acceptors (Lipinski definition) is 2. The van der Waals surface area contributed by atoms with Crippen LogP contribution in [0.5, 0.6) is 0 Å². The first-order valence-corrected chi connectivity index (χ1v) is 8.27. The molecule has 3 heteroatoms. The van der Waals surface area contributed by atoms with E-state index in [1.54, 1.807) is 13.0 Å². The van der Waals surface area contributed by atoms with Gasteiger partial charge in [0.25, 0.3) is 0 Å². The number of rotatable bonds is 8. The van der Waals surface area contributed by atoms with Gasteiger partial charge in [-0.3, -0.25) is 4.79 Å². The Balaban J connectivity index is 2.23. The molecule has 0 bridgehead atoms. The predicted octanol–water partition coefficient (Wildman–Crippen LogP) is 3.79. The van der Waals surface area contributed by atoms with Gasteiger partial charge in [-0.1, -0.05) is 66.7 Å². The Bertz CT molecular complexity index is 596. The van der Waals surface area contributed by atoms with Crippen molar-refractivity contribution < 1.29 is 9.90 Å². The van der Waals surface area contributed by atoms with Crippen molar-refractivity contribution in [1.82, 2.24) is 4.90 Å². The van der Waals surface area contributed by atoms with E-state index in [0.717, 1.165) is 11.1 Å². The van der Waals surface area contributed by atoms with Crippen LogP contribution < -0.4 is 0 Å². The molecule has 0 radical (unpaired) electrons. The lowest BCUT2D eigenvalue weighted by molar-refractivity contribution is -0.140. The third-order valence-electron chi connectivity index (χ3n) is 4.06. The summed E-state index contributed by atoms with van der Waals surface area (Å²) in [6.07, 6.45) is 1.46. The maximum Gasteiger partial charge on any atom is 0.229 e. The normalized spacial score (nSPS) is 13.1. The zero-order valence-corrected chi connectivity index (χ0v) is 14.1. The van der Waals surface area contributed by atoms with Gasteiger partial charge in [-0.15, -0.1) is 6.58 Å². The van der Waals surface area contributed by atoms with E-state index in [9.17, 15) is 9.90 Å². The molecule has 126 valence electrons. The van der Waals surface area contributed by atoms with Crippen molar-refractivity contribution in [1.29, 1.82) is 0 Å². The van der Waals surface area contributed by atoms with Gasteiger partial charge in [-0.25, -0.2) is 0 Å². The quantitative estimate of drug-likeness (QED) is 0.751. The van der Waals surface area contributed by atoms with E-state index in [0.29, 0.717) is 19.5 Å². The number of allylic oxidation sites excluding steroid dienone is 1. The highest BCUT2D eigenvalue weighted by molar-refractivity contribution is 5.79. The molecule has 24 heavy (non-hydrogen) atoms. The van der Waals surface area contributed by atoms with Crippen LogP contribution in [0.15, 0.2) is 73.3 Å². The molecule has 1 N–H and O–H groups in total. The molecule has 0 saturated carbocycles. The molecule has 2 atom stereocenters. The third kappa shape index (κ3) is 5.07. The Labute approximate surface area is 144 Å².